The molecule has 1 atom stereocenters. The summed E-state index contributed by atoms with van der Waals surface area (Å²) >= 11 is 1.46. The van der Waals surface area contributed by atoms with Gasteiger partial charge in [0.15, 0.2) is 0 Å². The number of rotatable bonds is 4. The minimum absolute atomic E-state index is 0.556. The van der Waals surface area contributed by atoms with Crippen LogP contribution in [0.25, 0.3) is 21.5 Å². The Kier molecular flexibility index (Phi) is 10.1. The Balaban J connectivity index is 0.000000144. The third-order valence-electron chi connectivity index (χ3n) is 6.86. The molecule has 1 aliphatic rings. The van der Waals surface area contributed by atoms with E-state index in [4.69, 9.17) is 0 Å². The molecule has 1 unspecified atom stereocenters. The number of aryl methyl sites for hydroxylation is 2. The Hall–Kier alpha value is -3.02. The molecule has 188 valence electrons. The zero-order valence-corrected chi connectivity index (χ0v) is 25.4. The van der Waals surface area contributed by atoms with Gasteiger partial charge >= 0.3 is 99.2 Å². The first-order chi connectivity index (χ1) is 18.5. The number of hydrogen-bond donors (Lipinski definition) is 0. The van der Waals surface area contributed by atoms with Crippen molar-refractivity contribution in [2.45, 2.75) is 40.5 Å². The molecule has 0 heterocycles. The zero-order valence-electron chi connectivity index (χ0n) is 23.0. The SMILES string of the molecule is CC1=[C-]C(C)C=C1.CCc1ccc2c(c1)[cH-]c1cc(CC)ccc12.[Zr+2]=[C](c1ccccc1)c1ccccc1. The van der Waals surface area contributed by atoms with E-state index < -0.39 is 0 Å². The fourth-order valence-electron chi connectivity index (χ4n) is 4.68. The van der Waals surface area contributed by atoms with E-state index >= 15 is 0 Å². The summed E-state index contributed by atoms with van der Waals surface area (Å²) in [6.45, 7) is 8.62. The van der Waals surface area contributed by atoms with Crippen LogP contribution < -0.4 is 0 Å². The molecule has 5 aromatic carbocycles. The predicted molar refractivity (Wildman–Crippen MR) is 163 cm³/mol. The molecule has 0 saturated heterocycles. The van der Waals surface area contributed by atoms with Crippen LogP contribution in [0.1, 0.15) is 49.9 Å². The number of fused-ring (bicyclic) bond motifs is 3. The standard InChI is InChI=1S/C17H17.C13H10.C7H9.Zr/c1-3-12-5-7-16-14(9-12)11-15-10-13(4-2)6-8-17(15)16;1-3-7-12(8-4-1)11-13-9-5-2-6-10-13;1-6-3-4-7(2)5-6;/h5-11H,3-4H2,1-2H3;1-10H;3-4,6H,1-2H3;/q-1;;-1;+2. The van der Waals surface area contributed by atoms with Crippen LogP contribution in [-0.2, 0) is 37.1 Å². The van der Waals surface area contributed by atoms with E-state index in [1.165, 1.54) is 76.8 Å². The van der Waals surface area contributed by atoms with Crippen LogP contribution in [0.2, 0.25) is 0 Å². The van der Waals surface area contributed by atoms with Crippen molar-refractivity contribution in [3.8, 4) is 0 Å². The van der Waals surface area contributed by atoms with Crippen LogP contribution in [0.5, 0.6) is 0 Å². The van der Waals surface area contributed by atoms with Gasteiger partial charge in [0.1, 0.15) is 0 Å². The Bertz CT molecular complexity index is 1450. The average Bonchev–Trinajstić information content (AvgIpc) is 3.54. The van der Waals surface area contributed by atoms with Gasteiger partial charge in [-0.15, -0.1) is 39.7 Å². The van der Waals surface area contributed by atoms with Gasteiger partial charge in [0.25, 0.3) is 0 Å². The van der Waals surface area contributed by atoms with E-state index in [1.54, 1.807) is 0 Å². The topological polar surface area (TPSA) is 0 Å². The molecule has 0 radical (unpaired) electrons. The first-order valence-corrected chi connectivity index (χ1v) is 14.8. The van der Waals surface area contributed by atoms with E-state index in [-0.39, 0.29) is 0 Å². The first-order valence-electron chi connectivity index (χ1n) is 13.6. The second kappa shape index (κ2) is 13.7. The monoisotopic (exact) mass is 570 g/mol. The normalized spacial score (nSPS) is 13.9. The Morgan fingerprint density at radius 1 is 0.737 bits per heavy atom. The summed E-state index contributed by atoms with van der Waals surface area (Å²) < 4.78 is 1.42. The van der Waals surface area contributed by atoms with Crippen LogP contribution in [0, 0.1) is 12.0 Å². The van der Waals surface area contributed by atoms with Gasteiger partial charge in [0.2, 0.25) is 0 Å². The van der Waals surface area contributed by atoms with E-state index in [1.807, 2.05) is 0 Å². The maximum atomic E-state index is 3.22. The maximum absolute atomic E-state index is 3.22. The van der Waals surface area contributed by atoms with Gasteiger partial charge in [-0.3, -0.25) is 6.08 Å². The molecule has 38 heavy (non-hydrogen) atoms. The number of hydrogen-bond acceptors (Lipinski definition) is 0. The van der Waals surface area contributed by atoms with Gasteiger partial charge in [0, 0.05) is 0 Å². The molecule has 0 saturated carbocycles. The molecular weight excluding hydrogens is 536 g/mol. The molecule has 0 amide bonds. The summed E-state index contributed by atoms with van der Waals surface area (Å²) in [7, 11) is 0. The Morgan fingerprint density at radius 3 is 1.55 bits per heavy atom. The average molecular weight is 572 g/mol. The van der Waals surface area contributed by atoms with Crippen molar-refractivity contribution in [2.75, 3.05) is 0 Å². The number of benzene rings is 4. The molecule has 0 aliphatic heterocycles. The summed E-state index contributed by atoms with van der Waals surface area (Å²) in [5.41, 5.74) is 6.77. The van der Waals surface area contributed by atoms with Gasteiger partial charge in [-0.25, -0.2) is 11.6 Å². The summed E-state index contributed by atoms with van der Waals surface area (Å²) in [4.78, 5) is 0. The summed E-state index contributed by atoms with van der Waals surface area (Å²) in [5, 5.41) is 5.54. The number of allylic oxidation sites excluding steroid dienone is 4. The first kappa shape index (κ1) is 28.0. The quantitative estimate of drug-likeness (QED) is 0.188. The second-order valence-corrected chi connectivity index (χ2v) is 11.0. The fraction of sp³-hybridized carbons (Fsp3) is 0.189. The molecule has 0 nitrogen and oxygen atoms in total. The molecule has 0 N–H and O–H groups in total. The molecule has 0 aromatic heterocycles. The van der Waals surface area contributed by atoms with Crippen molar-refractivity contribution in [1.29, 1.82) is 0 Å². The van der Waals surface area contributed by atoms with Crippen molar-refractivity contribution in [2.24, 2.45) is 5.92 Å². The summed E-state index contributed by atoms with van der Waals surface area (Å²) in [5.74, 6) is 0.556. The van der Waals surface area contributed by atoms with Crippen LogP contribution >= 0.6 is 0 Å². The van der Waals surface area contributed by atoms with Gasteiger partial charge in [0.05, 0.1) is 0 Å². The van der Waals surface area contributed by atoms with E-state index in [2.05, 4.69) is 149 Å². The van der Waals surface area contributed by atoms with Crippen molar-refractivity contribution < 1.29 is 24.2 Å². The Labute approximate surface area is 243 Å². The van der Waals surface area contributed by atoms with Gasteiger partial charge in [-0.1, -0.05) is 69.0 Å². The third-order valence-corrected chi connectivity index (χ3v) is 8.28. The van der Waals surface area contributed by atoms with E-state index in [0.29, 0.717) is 5.92 Å². The summed E-state index contributed by atoms with van der Waals surface area (Å²) in [6, 6.07) is 37.1. The van der Waals surface area contributed by atoms with Gasteiger partial charge < -0.3 is 0 Å². The van der Waals surface area contributed by atoms with E-state index in [9.17, 15) is 0 Å². The minimum atomic E-state index is 0.556. The zero-order chi connectivity index (χ0) is 26.9. The predicted octanol–water partition coefficient (Wildman–Crippen LogP) is 9.58. The van der Waals surface area contributed by atoms with E-state index in [0.717, 1.165) is 12.8 Å². The van der Waals surface area contributed by atoms with Gasteiger partial charge in [-0.2, -0.15) is 6.08 Å². The molecule has 1 aliphatic carbocycles. The van der Waals surface area contributed by atoms with Crippen molar-refractivity contribution >= 4 is 24.8 Å². The fourth-order valence-corrected chi connectivity index (χ4v) is 5.50. The molecule has 6 rings (SSSR count). The van der Waals surface area contributed by atoms with Crippen LogP contribution in [0.15, 0.2) is 121 Å². The molecule has 1 heteroatoms. The third kappa shape index (κ3) is 7.30. The van der Waals surface area contributed by atoms with Crippen LogP contribution in [0.4, 0.5) is 0 Å². The van der Waals surface area contributed by atoms with Crippen molar-refractivity contribution in [3.63, 3.8) is 0 Å². The second-order valence-electron chi connectivity index (χ2n) is 9.78. The molecule has 0 bridgehead atoms. The summed E-state index contributed by atoms with van der Waals surface area (Å²) in [6.07, 6.45) is 9.69. The Morgan fingerprint density at radius 2 is 1.21 bits per heavy atom. The molecule has 5 aromatic rings. The van der Waals surface area contributed by atoms with Crippen LogP contribution in [-0.4, -0.2) is 3.21 Å². The molecular formula is C37H36Zr. The van der Waals surface area contributed by atoms with Crippen molar-refractivity contribution in [3.05, 3.63) is 149 Å². The molecule has 0 fully saturated rings. The molecule has 0 spiro atoms. The van der Waals surface area contributed by atoms with Gasteiger partial charge in [-0.05, 0) is 12.8 Å². The van der Waals surface area contributed by atoms with Crippen molar-refractivity contribution in [1.82, 2.24) is 0 Å². The van der Waals surface area contributed by atoms with Crippen LogP contribution in [0.3, 0.4) is 0 Å².